The van der Waals surface area contributed by atoms with E-state index in [2.05, 4.69) is 31.4 Å². The van der Waals surface area contributed by atoms with Crippen molar-refractivity contribution >= 4 is 5.82 Å². The summed E-state index contributed by atoms with van der Waals surface area (Å²) >= 11 is 0. The molecule has 3 heterocycles. The standard InChI is InChI=1S/C22H21F2N9/c1-13-14(9-25)5-4-6-16(13)21-27-19(18(24)20(26)28-21)17-11-32(31-29-17)10-15-7-8-33(30-15)22(2,3)12-23/h4-8,11H,10,12H2,1-3H3,(H2,26,27,28). The number of nitrogen functional groups attached to an aromatic ring is 1. The number of aromatic nitrogens is 7. The van der Waals surface area contributed by atoms with Gasteiger partial charge in [0.25, 0.3) is 0 Å². The van der Waals surface area contributed by atoms with Crippen LogP contribution in [-0.4, -0.2) is 41.4 Å². The maximum Gasteiger partial charge on any atom is 0.193 e. The van der Waals surface area contributed by atoms with Gasteiger partial charge in [-0.25, -0.2) is 23.4 Å². The molecule has 3 aromatic heterocycles. The summed E-state index contributed by atoms with van der Waals surface area (Å²) in [5.74, 6) is -0.965. The molecule has 33 heavy (non-hydrogen) atoms. The predicted octanol–water partition coefficient (Wildman–Crippen LogP) is 3.25. The van der Waals surface area contributed by atoms with Gasteiger partial charge in [0.1, 0.15) is 18.1 Å². The monoisotopic (exact) mass is 449 g/mol. The topological polar surface area (TPSA) is 124 Å². The van der Waals surface area contributed by atoms with Crippen LogP contribution in [0.1, 0.15) is 30.7 Å². The highest BCUT2D eigenvalue weighted by atomic mass is 19.1. The molecule has 0 aliphatic heterocycles. The fourth-order valence-corrected chi connectivity index (χ4v) is 3.25. The molecule has 0 aliphatic carbocycles. The maximum absolute atomic E-state index is 14.8. The fourth-order valence-electron chi connectivity index (χ4n) is 3.25. The molecule has 0 fully saturated rings. The van der Waals surface area contributed by atoms with Gasteiger partial charge in [-0.3, -0.25) is 4.68 Å². The van der Waals surface area contributed by atoms with Gasteiger partial charge in [-0.15, -0.1) is 5.10 Å². The number of benzene rings is 1. The second-order valence-electron chi connectivity index (χ2n) is 8.18. The van der Waals surface area contributed by atoms with E-state index in [-0.39, 0.29) is 29.6 Å². The van der Waals surface area contributed by atoms with Gasteiger partial charge >= 0.3 is 0 Å². The predicted molar refractivity (Wildman–Crippen MR) is 117 cm³/mol. The largest absolute Gasteiger partial charge is 0.381 e. The van der Waals surface area contributed by atoms with E-state index in [4.69, 9.17) is 5.73 Å². The first kappa shape index (κ1) is 22.0. The second-order valence-corrected chi connectivity index (χ2v) is 8.18. The van der Waals surface area contributed by atoms with Crippen LogP contribution in [0, 0.1) is 24.1 Å². The van der Waals surface area contributed by atoms with Crippen molar-refractivity contribution in [2.45, 2.75) is 32.9 Å². The second kappa shape index (κ2) is 8.38. The first-order valence-corrected chi connectivity index (χ1v) is 10.1. The number of halogens is 2. The van der Waals surface area contributed by atoms with E-state index in [9.17, 15) is 14.0 Å². The molecule has 0 bridgehead atoms. The van der Waals surface area contributed by atoms with E-state index < -0.39 is 18.0 Å². The zero-order chi connectivity index (χ0) is 23.8. The number of anilines is 1. The average Bonchev–Trinajstić information content (AvgIpc) is 3.46. The molecule has 0 radical (unpaired) electrons. The van der Waals surface area contributed by atoms with Gasteiger partial charge in [-0.2, -0.15) is 10.4 Å². The fraction of sp³-hybridized carbons (Fsp3) is 0.273. The summed E-state index contributed by atoms with van der Waals surface area (Å²) in [5, 5.41) is 21.7. The van der Waals surface area contributed by atoms with Gasteiger partial charge < -0.3 is 5.73 Å². The Morgan fingerprint density at radius 3 is 2.73 bits per heavy atom. The summed E-state index contributed by atoms with van der Waals surface area (Å²) in [6.45, 7) is 4.93. The lowest BCUT2D eigenvalue weighted by Gasteiger charge is -2.20. The van der Waals surface area contributed by atoms with Crippen molar-refractivity contribution in [1.82, 2.24) is 34.7 Å². The molecule has 0 unspecified atom stereocenters. The molecule has 2 N–H and O–H groups in total. The Balaban J connectivity index is 1.67. The zero-order valence-electron chi connectivity index (χ0n) is 18.3. The highest BCUT2D eigenvalue weighted by molar-refractivity contribution is 5.69. The third-order valence-electron chi connectivity index (χ3n) is 5.27. The van der Waals surface area contributed by atoms with Gasteiger partial charge in [-0.1, -0.05) is 17.3 Å². The average molecular weight is 449 g/mol. The smallest absolute Gasteiger partial charge is 0.193 e. The number of hydrogen-bond acceptors (Lipinski definition) is 7. The number of nitrogens with zero attached hydrogens (tertiary/aromatic N) is 8. The highest BCUT2D eigenvalue weighted by Gasteiger charge is 2.22. The summed E-state index contributed by atoms with van der Waals surface area (Å²) in [5.41, 5.74) is 7.44. The molecular weight excluding hydrogens is 428 g/mol. The third-order valence-corrected chi connectivity index (χ3v) is 5.27. The van der Waals surface area contributed by atoms with Crippen LogP contribution in [0.25, 0.3) is 22.8 Å². The summed E-state index contributed by atoms with van der Waals surface area (Å²) in [6.07, 6.45) is 3.22. The molecule has 0 saturated carbocycles. The van der Waals surface area contributed by atoms with Crippen LogP contribution < -0.4 is 5.73 Å². The minimum Gasteiger partial charge on any atom is -0.381 e. The molecule has 0 aliphatic rings. The van der Waals surface area contributed by atoms with Gasteiger partial charge in [0.05, 0.1) is 35.6 Å². The van der Waals surface area contributed by atoms with E-state index in [1.807, 2.05) is 0 Å². The number of nitrogens with two attached hydrogens (primary N) is 1. The van der Waals surface area contributed by atoms with Crippen LogP contribution in [0.15, 0.2) is 36.7 Å². The first-order chi connectivity index (χ1) is 15.7. The summed E-state index contributed by atoms with van der Waals surface area (Å²) < 4.78 is 31.0. The molecular formula is C22H21F2N9. The lowest BCUT2D eigenvalue weighted by atomic mass is 10.0. The van der Waals surface area contributed by atoms with Crippen molar-refractivity contribution in [3.8, 4) is 28.8 Å². The number of nitriles is 1. The quantitative estimate of drug-likeness (QED) is 0.479. The lowest BCUT2D eigenvalue weighted by Crippen LogP contribution is -2.29. The SMILES string of the molecule is Cc1c(C#N)cccc1-c1nc(N)c(F)c(-c2cn(Cc3ccn(C(C)(C)CF)n3)nn2)n1. The van der Waals surface area contributed by atoms with E-state index in [0.717, 1.165) is 0 Å². The van der Waals surface area contributed by atoms with Gasteiger partial charge in [0.2, 0.25) is 0 Å². The molecule has 4 aromatic rings. The Labute approximate surface area is 188 Å². The van der Waals surface area contributed by atoms with Crippen LogP contribution in [-0.2, 0) is 12.1 Å². The summed E-state index contributed by atoms with van der Waals surface area (Å²) in [6, 6.07) is 8.97. The molecule has 0 spiro atoms. The summed E-state index contributed by atoms with van der Waals surface area (Å²) in [4.78, 5) is 8.38. The minimum absolute atomic E-state index is 0.102. The van der Waals surface area contributed by atoms with E-state index in [1.54, 1.807) is 55.9 Å². The molecule has 0 amide bonds. The van der Waals surface area contributed by atoms with Crippen LogP contribution in [0.5, 0.6) is 0 Å². The molecule has 0 saturated heterocycles. The molecule has 11 heteroatoms. The Bertz CT molecular complexity index is 1360. The van der Waals surface area contributed by atoms with Crippen LogP contribution in [0.4, 0.5) is 14.6 Å². The lowest BCUT2D eigenvalue weighted by molar-refractivity contribution is 0.235. The Kier molecular flexibility index (Phi) is 5.59. The number of rotatable bonds is 6. The van der Waals surface area contributed by atoms with Crippen molar-refractivity contribution in [2.24, 2.45) is 0 Å². The third kappa shape index (κ3) is 4.15. The zero-order valence-corrected chi connectivity index (χ0v) is 18.3. The van der Waals surface area contributed by atoms with Crippen LogP contribution in [0.2, 0.25) is 0 Å². The van der Waals surface area contributed by atoms with Crippen molar-refractivity contribution in [2.75, 3.05) is 12.4 Å². The van der Waals surface area contributed by atoms with Gasteiger partial charge in [-0.05, 0) is 38.5 Å². The van der Waals surface area contributed by atoms with Crippen molar-refractivity contribution in [3.63, 3.8) is 0 Å². The van der Waals surface area contributed by atoms with Gasteiger partial charge in [0.15, 0.2) is 17.5 Å². The molecule has 1 aromatic carbocycles. The van der Waals surface area contributed by atoms with Crippen LogP contribution >= 0.6 is 0 Å². The molecule has 0 atom stereocenters. The first-order valence-electron chi connectivity index (χ1n) is 10.1. The summed E-state index contributed by atoms with van der Waals surface area (Å²) in [7, 11) is 0. The Hall–Kier alpha value is -4.20. The van der Waals surface area contributed by atoms with E-state index in [0.29, 0.717) is 22.4 Å². The van der Waals surface area contributed by atoms with Crippen molar-refractivity contribution in [3.05, 3.63) is 59.3 Å². The maximum atomic E-state index is 14.8. The van der Waals surface area contributed by atoms with E-state index in [1.165, 1.54) is 10.9 Å². The number of alkyl halides is 1. The normalized spacial score (nSPS) is 11.5. The van der Waals surface area contributed by atoms with Crippen molar-refractivity contribution < 1.29 is 8.78 Å². The Morgan fingerprint density at radius 2 is 2.00 bits per heavy atom. The van der Waals surface area contributed by atoms with Crippen molar-refractivity contribution in [1.29, 1.82) is 5.26 Å². The minimum atomic E-state index is -0.811. The molecule has 168 valence electrons. The van der Waals surface area contributed by atoms with Crippen LogP contribution in [0.3, 0.4) is 0 Å². The van der Waals surface area contributed by atoms with E-state index >= 15 is 0 Å². The Morgan fingerprint density at radius 1 is 1.21 bits per heavy atom. The molecule has 9 nitrogen and oxygen atoms in total. The number of hydrogen-bond donors (Lipinski definition) is 1. The highest BCUT2D eigenvalue weighted by Crippen LogP contribution is 2.28. The van der Waals surface area contributed by atoms with Gasteiger partial charge in [0, 0.05) is 11.8 Å². The molecule has 4 rings (SSSR count).